The van der Waals surface area contributed by atoms with E-state index in [0.717, 1.165) is 17.7 Å². The Labute approximate surface area is 111 Å². The average Bonchev–Trinajstić information content (AvgIpc) is 2.94. The Morgan fingerprint density at radius 2 is 2.16 bits per heavy atom. The number of H-pyrrole nitrogens is 1. The number of hydrogen-bond donors (Lipinski definition) is 3. The predicted molar refractivity (Wildman–Crippen MR) is 71.7 cm³/mol. The SMILES string of the molecule is CCc1cc(C(=O)NC(CO)c2ccccc2)n[nH]1. The van der Waals surface area contributed by atoms with Gasteiger partial charge < -0.3 is 10.4 Å². The fourth-order valence-electron chi connectivity index (χ4n) is 1.81. The highest BCUT2D eigenvalue weighted by Gasteiger charge is 2.16. The number of nitrogens with zero attached hydrogens (tertiary/aromatic N) is 1. The van der Waals surface area contributed by atoms with Crippen molar-refractivity contribution in [3.05, 3.63) is 53.3 Å². The summed E-state index contributed by atoms with van der Waals surface area (Å²) in [4.78, 5) is 12.0. The number of carbonyl (C=O) groups excluding carboxylic acids is 1. The molecule has 100 valence electrons. The maximum absolute atomic E-state index is 12.0. The first-order valence-corrected chi connectivity index (χ1v) is 6.25. The third kappa shape index (κ3) is 3.20. The third-order valence-corrected chi connectivity index (χ3v) is 2.93. The van der Waals surface area contributed by atoms with Crippen molar-refractivity contribution in [2.45, 2.75) is 19.4 Å². The zero-order chi connectivity index (χ0) is 13.7. The van der Waals surface area contributed by atoms with Gasteiger partial charge in [-0.2, -0.15) is 5.10 Å². The summed E-state index contributed by atoms with van der Waals surface area (Å²) in [5.74, 6) is -0.293. The molecule has 0 saturated carbocycles. The second-order valence-corrected chi connectivity index (χ2v) is 4.25. The Balaban J connectivity index is 2.08. The van der Waals surface area contributed by atoms with Gasteiger partial charge in [0.25, 0.3) is 5.91 Å². The Bertz CT molecular complexity index is 537. The smallest absolute Gasteiger partial charge is 0.272 e. The summed E-state index contributed by atoms with van der Waals surface area (Å²) < 4.78 is 0. The van der Waals surface area contributed by atoms with E-state index in [9.17, 15) is 9.90 Å². The largest absolute Gasteiger partial charge is 0.394 e. The fraction of sp³-hybridized carbons (Fsp3) is 0.286. The molecule has 0 spiro atoms. The van der Waals surface area contributed by atoms with Crippen LogP contribution in [0.25, 0.3) is 0 Å². The van der Waals surface area contributed by atoms with Crippen molar-refractivity contribution in [2.24, 2.45) is 0 Å². The first-order valence-electron chi connectivity index (χ1n) is 6.25. The van der Waals surface area contributed by atoms with Crippen molar-refractivity contribution in [2.75, 3.05) is 6.61 Å². The Kier molecular flexibility index (Phi) is 4.30. The second-order valence-electron chi connectivity index (χ2n) is 4.25. The van der Waals surface area contributed by atoms with Crippen molar-refractivity contribution in [1.29, 1.82) is 0 Å². The fourth-order valence-corrected chi connectivity index (χ4v) is 1.81. The first-order chi connectivity index (χ1) is 9.24. The van der Waals surface area contributed by atoms with Gasteiger partial charge in [-0.25, -0.2) is 0 Å². The molecule has 19 heavy (non-hydrogen) atoms. The molecule has 5 heteroatoms. The van der Waals surface area contributed by atoms with Crippen molar-refractivity contribution < 1.29 is 9.90 Å². The van der Waals surface area contributed by atoms with E-state index in [1.807, 2.05) is 37.3 Å². The summed E-state index contributed by atoms with van der Waals surface area (Å²) in [6.45, 7) is 1.83. The van der Waals surface area contributed by atoms with Crippen LogP contribution in [-0.4, -0.2) is 27.8 Å². The van der Waals surface area contributed by atoms with Crippen LogP contribution in [0.2, 0.25) is 0 Å². The number of aliphatic hydroxyl groups excluding tert-OH is 1. The van der Waals surface area contributed by atoms with Crippen molar-refractivity contribution >= 4 is 5.91 Å². The molecule has 1 amide bonds. The lowest BCUT2D eigenvalue weighted by Gasteiger charge is -2.15. The van der Waals surface area contributed by atoms with Gasteiger partial charge in [0.15, 0.2) is 0 Å². The molecule has 2 rings (SSSR count). The molecular formula is C14H17N3O2. The average molecular weight is 259 g/mol. The number of aryl methyl sites for hydroxylation is 1. The molecule has 3 N–H and O–H groups in total. The lowest BCUT2D eigenvalue weighted by Crippen LogP contribution is -2.31. The van der Waals surface area contributed by atoms with Gasteiger partial charge in [0.2, 0.25) is 0 Å². The van der Waals surface area contributed by atoms with Gasteiger partial charge in [0.05, 0.1) is 12.6 Å². The van der Waals surface area contributed by atoms with E-state index >= 15 is 0 Å². The van der Waals surface area contributed by atoms with Gasteiger partial charge in [-0.1, -0.05) is 37.3 Å². The number of aromatic amines is 1. The maximum atomic E-state index is 12.0. The molecular weight excluding hydrogens is 242 g/mol. The summed E-state index contributed by atoms with van der Waals surface area (Å²) >= 11 is 0. The Hall–Kier alpha value is -2.14. The molecule has 5 nitrogen and oxygen atoms in total. The minimum absolute atomic E-state index is 0.152. The molecule has 1 aromatic heterocycles. The number of aliphatic hydroxyl groups is 1. The Morgan fingerprint density at radius 1 is 1.42 bits per heavy atom. The zero-order valence-electron chi connectivity index (χ0n) is 10.8. The number of nitrogens with one attached hydrogen (secondary N) is 2. The monoisotopic (exact) mass is 259 g/mol. The summed E-state index contributed by atoms with van der Waals surface area (Å²) in [5, 5.41) is 18.9. The molecule has 0 aliphatic heterocycles. The minimum Gasteiger partial charge on any atom is -0.394 e. The number of amides is 1. The number of hydrogen-bond acceptors (Lipinski definition) is 3. The molecule has 1 heterocycles. The van der Waals surface area contributed by atoms with E-state index in [2.05, 4.69) is 15.5 Å². The topological polar surface area (TPSA) is 78.0 Å². The number of aromatic nitrogens is 2. The van der Waals surface area contributed by atoms with Crippen LogP contribution in [0, 0.1) is 0 Å². The standard InChI is InChI=1S/C14H17N3O2/c1-2-11-8-12(17-16-11)14(19)15-13(9-18)10-6-4-3-5-7-10/h3-8,13,18H,2,9H2,1H3,(H,15,19)(H,16,17). The summed E-state index contributed by atoms with van der Waals surface area (Å²) in [5.41, 5.74) is 2.11. The van der Waals surface area contributed by atoms with Crippen molar-refractivity contribution in [3.8, 4) is 0 Å². The summed E-state index contributed by atoms with van der Waals surface area (Å²) in [7, 11) is 0. The van der Waals surface area contributed by atoms with Gasteiger partial charge in [-0.3, -0.25) is 9.89 Å². The maximum Gasteiger partial charge on any atom is 0.272 e. The van der Waals surface area contributed by atoms with Crippen LogP contribution in [0.4, 0.5) is 0 Å². The van der Waals surface area contributed by atoms with E-state index in [-0.39, 0.29) is 12.5 Å². The number of rotatable bonds is 5. The molecule has 1 unspecified atom stereocenters. The van der Waals surface area contributed by atoms with E-state index in [4.69, 9.17) is 0 Å². The van der Waals surface area contributed by atoms with Crippen LogP contribution in [0.5, 0.6) is 0 Å². The lowest BCUT2D eigenvalue weighted by atomic mass is 10.1. The van der Waals surface area contributed by atoms with E-state index in [0.29, 0.717) is 5.69 Å². The van der Waals surface area contributed by atoms with E-state index in [1.165, 1.54) is 0 Å². The van der Waals surface area contributed by atoms with Crippen molar-refractivity contribution in [1.82, 2.24) is 15.5 Å². The lowest BCUT2D eigenvalue weighted by molar-refractivity contribution is 0.0911. The minimum atomic E-state index is -0.421. The van der Waals surface area contributed by atoms with Crippen LogP contribution < -0.4 is 5.32 Å². The van der Waals surface area contributed by atoms with E-state index < -0.39 is 6.04 Å². The number of benzene rings is 1. The molecule has 0 saturated heterocycles. The molecule has 0 aliphatic rings. The highest BCUT2D eigenvalue weighted by molar-refractivity contribution is 5.92. The molecule has 1 atom stereocenters. The molecule has 0 bridgehead atoms. The summed E-state index contributed by atoms with van der Waals surface area (Å²) in [6, 6.07) is 10.7. The van der Waals surface area contributed by atoms with Gasteiger partial charge in [-0.15, -0.1) is 0 Å². The summed E-state index contributed by atoms with van der Waals surface area (Å²) in [6.07, 6.45) is 0.794. The van der Waals surface area contributed by atoms with Crippen LogP contribution >= 0.6 is 0 Å². The van der Waals surface area contributed by atoms with Gasteiger partial charge >= 0.3 is 0 Å². The van der Waals surface area contributed by atoms with E-state index in [1.54, 1.807) is 6.07 Å². The Morgan fingerprint density at radius 3 is 2.74 bits per heavy atom. The van der Waals surface area contributed by atoms with Crippen molar-refractivity contribution in [3.63, 3.8) is 0 Å². The third-order valence-electron chi connectivity index (χ3n) is 2.93. The highest BCUT2D eigenvalue weighted by atomic mass is 16.3. The first kappa shape index (κ1) is 13.3. The normalized spacial score (nSPS) is 12.1. The molecule has 0 radical (unpaired) electrons. The van der Waals surface area contributed by atoms with Crippen LogP contribution in [0.15, 0.2) is 36.4 Å². The quantitative estimate of drug-likeness (QED) is 0.760. The molecule has 2 aromatic rings. The molecule has 1 aromatic carbocycles. The van der Waals surface area contributed by atoms with Gasteiger partial charge in [0.1, 0.15) is 5.69 Å². The zero-order valence-corrected chi connectivity index (χ0v) is 10.8. The van der Waals surface area contributed by atoms with Crippen LogP contribution in [-0.2, 0) is 6.42 Å². The predicted octanol–water partition coefficient (Wildman–Crippen LogP) is 1.44. The van der Waals surface area contributed by atoms with Crippen LogP contribution in [0.3, 0.4) is 0 Å². The molecule has 0 aliphatic carbocycles. The van der Waals surface area contributed by atoms with Gasteiger partial charge in [-0.05, 0) is 18.1 Å². The van der Waals surface area contributed by atoms with Crippen LogP contribution in [0.1, 0.15) is 34.7 Å². The molecule has 0 fully saturated rings. The second kappa shape index (κ2) is 6.15. The highest BCUT2D eigenvalue weighted by Crippen LogP contribution is 2.12. The number of carbonyl (C=O) groups is 1. The van der Waals surface area contributed by atoms with Gasteiger partial charge in [0, 0.05) is 5.69 Å².